The molecule has 0 aromatic rings. The Kier molecular flexibility index (Phi) is 5.83. The molecule has 1 aliphatic heterocycles. The predicted octanol–water partition coefficient (Wildman–Crippen LogP) is 1.53. The molecule has 2 atom stereocenters. The second kappa shape index (κ2) is 7.62. The van der Waals surface area contributed by atoms with Crippen LogP contribution in [0.1, 0.15) is 51.4 Å². The van der Waals surface area contributed by atoms with Gasteiger partial charge in [0.2, 0.25) is 5.91 Å². The molecule has 2 unspecified atom stereocenters. The van der Waals surface area contributed by atoms with Gasteiger partial charge in [-0.3, -0.25) is 9.59 Å². The Bertz CT molecular complexity index is 340. The molecule has 20 heavy (non-hydrogen) atoms. The summed E-state index contributed by atoms with van der Waals surface area (Å²) >= 11 is 0. The Morgan fingerprint density at radius 2 is 1.80 bits per heavy atom. The first-order chi connectivity index (χ1) is 9.66. The van der Waals surface area contributed by atoms with Crippen molar-refractivity contribution in [2.24, 2.45) is 11.8 Å². The number of piperidine rings is 1. The number of carbonyl (C=O) groups excluding carboxylic acids is 1. The molecular weight excluding hydrogens is 256 g/mol. The highest BCUT2D eigenvalue weighted by molar-refractivity contribution is 5.78. The molecule has 0 radical (unpaired) electrons. The summed E-state index contributed by atoms with van der Waals surface area (Å²) in [5.74, 6) is -0.495. The quantitative estimate of drug-likeness (QED) is 0.714. The SMILES string of the molecule is O=C(CCC1CCNCC1)NC1CCCCC1C(=O)O. The standard InChI is InChI=1S/C15H26N2O3/c18-14(6-5-11-7-9-16-10-8-11)17-13-4-2-1-3-12(13)15(19)20/h11-13,16H,1-10H2,(H,17,18)(H,19,20). The summed E-state index contributed by atoms with van der Waals surface area (Å²) in [4.78, 5) is 23.2. The van der Waals surface area contributed by atoms with Gasteiger partial charge in [-0.2, -0.15) is 0 Å². The molecule has 2 aliphatic rings. The van der Waals surface area contributed by atoms with Crippen molar-refractivity contribution < 1.29 is 14.7 Å². The molecule has 3 N–H and O–H groups in total. The fourth-order valence-electron chi connectivity index (χ4n) is 3.38. The van der Waals surface area contributed by atoms with Crippen LogP contribution in [0.25, 0.3) is 0 Å². The fraction of sp³-hybridized carbons (Fsp3) is 0.867. The van der Waals surface area contributed by atoms with Gasteiger partial charge in [0.25, 0.3) is 0 Å². The average molecular weight is 282 g/mol. The molecule has 114 valence electrons. The lowest BCUT2D eigenvalue weighted by atomic mass is 9.84. The molecule has 1 aliphatic carbocycles. The Labute approximate surface area is 120 Å². The topological polar surface area (TPSA) is 78.4 Å². The van der Waals surface area contributed by atoms with Crippen LogP contribution in [0.5, 0.6) is 0 Å². The van der Waals surface area contributed by atoms with Gasteiger partial charge >= 0.3 is 5.97 Å². The van der Waals surface area contributed by atoms with E-state index in [0.29, 0.717) is 18.8 Å². The van der Waals surface area contributed by atoms with E-state index in [-0.39, 0.29) is 11.9 Å². The van der Waals surface area contributed by atoms with Crippen LogP contribution in [0.4, 0.5) is 0 Å². The minimum absolute atomic E-state index is 0.0293. The van der Waals surface area contributed by atoms with Gasteiger partial charge < -0.3 is 15.7 Å². The van der Waals surface area contributed by atoms with E-state index in [1.165, 1.54) is 0 Å². The molecule has 1 saturated carbocycles. The summed E-state index contributed by atoms with van der Waals surface area (Å²) in [6, 6.07) is -0.165. The molecule has 5 heteroatoms. The van der Waals surface area contributed by atoms with E-state index in [1.54, 1.807) is 0 Å². The third-order valence-electron chi connectivity index (χ3n) is 4.67. The molecule has 0 aromatic carbocycles. The Morgan fingerprint density at radius 1 is 1.10 bits per heavy atom. The van der Waals surface area contributed by atoms with Crippen LogP contribution in [0.15, 0.2) is 0 Å². The highest BCUT2D eigenvalue weighted by Crippen LogP contribution is 2.25. The highest BCUT2D eigenvalue weighted by Gasteiger charge is 2.31. The average Bonchev–Trinajstić information content (AvgIpc) is 2.46. The maximum absolute atomic E-state index is 12.0. The van der Waals surface area contributed by atoms with Gasteiger partial charge in [-0.05, 0) is 51.1 Å². The molecular formula is C15H26N2O3. The van der Waals surface area contributed by atoms with E-state index in [2.05, 4.69) is 10.6 Å². The number of carbonyl (C=O) groups is 2. The second-order valence-corrected chi connectivity index (χ2v) is 6.14. The van der Waals surface area contributed by atoms with Crippen molar-refractivity contribution in [2.75, 3.05) is 13.1 Å². The van der Waals surface area contributed by atoms with Crippen LogP contribution in [0.3, 0.4) is 0 Å². The number of hydrogen-bond acceptors (Lipinski definition) is 3. The predicted molar refractivity (Wildman–Crippen MR) is 76.4 cm³/mol. The van der Waals surface area contributed by atoms with E-state index in [1.807, 2.05) is 0 Å². The molecule has 2 fully saturated rings. The summed E-state index contributed by atoms with van der Waals surface area (Å²) < 4.78 is 0. The van der Waals surface area contributed by atoms with Crippen LogP contribution in [-0.4, -0.2) is 36.1 Å². The van der Waals surface area contributed by atoms with E-state index in [0.717, 1.165) is 51.6 Å². The molecule has 5 nitrogen and oxygen atoms in total. The first kappa shape index (κ1) is 15.3. The number of carboxylic acids is 1. The Morgan fingerprint density at radius 3 is 2.50 bits per heavy atom. The molecule has 1 saturated heterocycles. The van der Waals surface area contributed by atoms with Crippen molar-refractivity contribution in [3.05, 3.63) is 0 Å². The second-order valence-electron chi connectivity index (χ2n) is 6.14. The van der Waals surface area contributed by atoms with Gasteiger partial charge in [-0.25, -0.2) is 0 Å². The maximum atomic E-state index is 12.0. The van der Waals surface area contributed by atoms with Crippen molar-refractivity contribution in [1.29, 1.82) is 0 Å². The number of nitrogens with one attached hydrogen (secondary N) is 2. The molecule has 1 amide bonds. The van der Waals surface area contributed by atoms with Crippen molar-refractivity contribution in [3.63, 3.8) is 0 Å². The summed E-state index contributed by atoms with van der Waals surface area (Å²) in [5, 5.41) is 15.5. The van der Waals surface area contributed by atoms with Gasteiger partial charge in [-0.15, -0.1) is 0 Å². The van der Waals surface area contributed by atoms with Gasteiger partial charge in [0.05, 0.1) is 5.92 Å². The first-order valence-electron chi connectivity index (χ1n) is 7.89. The number of rotatable bonds is 5. The molecule has 0 spiro atoms. The Hall–Kier alpha value is -1.10. The lowest BCUT2D eigenvalue weighted by Gasteiger charge is -2.29. The van der Waals surface area contributed by atoms with Crippen LogP contribution >= 0.6 is 0 Å². The van der Waals surface area contributed by atoms with Crippen LogP contribution in [0, 0.1) is 11.8 Å². The van der Waals surface area contributed by atoms with E-state index < -0.39 is 11.9 Å². The zero-order chi connectivity index (χ0) is 14.4. The molecule has 0 bridgehead atoms. The van der Waals surface area contributed by atoms with Gasteiger partial charge in [0, 0.05) is 12.5 Å². The smallest absolute Gasteiger partial charge is 0.308 e. The van der Waals surface area contributed by atoms with Crippen molar-refractivity contribution in [2.45, 2.75) is 57.4 Å². The van der Waals surface area contributed by atoms with Gasteiger partial charge in [0.15, 0.2) is 0 Å². The summed E-state index contributed by atoms with van der Waals surface area (Å²) in [7, 11) is 0. The first-order valence-corrected chi connectivity index (χ1v) is 7.89. The van der Waals surface area contributed by atoms with Crippen LogP contribution in [0.2, 0.25) is 0 Å². The van der Waals surface area contributed by atoms with Crippen molar-refractivity contribution in [1.82, 2.24) is 10.6 Å². The normalized spacial score (nSPS) is 28.0. The lowest BCUT2D eigenvalue weighted by Crippen LogP contribution is -2.45. The maximum Gasteiger partial charge on any atom is 0.308 e. The molecule has 1 heterocycles. The van der Waals surface area contributed by atoms with Gasteiger partial charge in [-0.1, -0.05) is 12.8 Å². The van der Waals surface area contributed by atoms with E-state index in [4.69, 9.17) is 0 Å². The number of aliphatic carboxylic acids is 1. The number of amides is 1. The van der Waals surface area contributed by atoms with Crippen LogP contribution in [-0.2, 0) is 9.59 Å². The zero-order valence-electron chi connectivity index (χ0n) is 12.1. The van der Waals surface area contributed by atoms with E-state index >= 15 is 0 Å². The largest absolute Gasteiger partial charge is 0.481 e. The summed E-state index contributed by atoms with van der Waals surface area (Å²) in [5.41, 5.74) is 0. The van der Waals surface area contributed by atoms with Crippen molar-refractivity contribution in [3.8, 4) is 0 Å². The monoisotopic (exact) mass is 282 g/mol. The Balaban J connectivity index is 1.73. The summed E-state index contributed by atoms with van der Waals surface area (Å²) in [6.45, 7) is 2.10. The third kappa shape index (κ3) is 4.47. The molecule has 2 rings (SSSR count). The van der Waals surface area contributed by atoms with Gasteiger partial charge in [0.1, 0.15) is 0 Å². The minimum Gasteiger partial charge on any atom is -0.481 e. The molecule has 0 aromatic heterocycles. The summed E-state index contributed by atoms with van der Waals surface area (Å²) in [6.07, 6.45) is 7.22. The lowest BCUT2D eigenvalue weighted by molar-refractivity contribution is -0.144. The third-order valence-corrected chi connectivity index (χ3v) is 4.67. The van der Waals surface area contributed by atoms with Crippen LogP contribution < -0.4 is 10.6 Å². The van der Waals surface area contributed by atoms with Crippen molar-refractivity contribution >= 4 is 11.9 Å². The zero-order valence-corrected chi connectivity index (χ0v) is 12.1. The fourth-order valence-corrected chi connectivity index (χ4v) is 3.38. The number of carboxylic acid groups (broad SMARTS) is 1. The minimum atomic E-state index is -0.770. The van der Waals surface area contributed by atoms with E-state index in [9.17, 15) is 14.7 Å². The highest BCUT2D eigenvalue weighted by atomic mass is 16.4. The number of hydrogen-bond donors (Lipinski definition) is 3.